The number of nitrogens with one attached hydrogen (secondary N) is 1. The molecule has 0 spiro atoms. The van der Waals surface area contributed by atoms with Crippen LogP contribution in [0, 0.1) is 11.6 Å². The number of rotatable bonds is 9. The predicted molar refractivity (Wildman–Crippen MR) is 145 cm³/mol. The Morgan fingerprint density at radius 1 is 1.05 bits per heavy atom. The number of carbonyl (C=O) groups excluding carboxylic acids is 3. The number of halogens is 2. The lowest BCUT2D eigenvalue weighted by atomic mass is 9.86. The predicted octanol–water partition coefficient (Wildman–Crippen LogP) is 3.44. The summed E-state index contributed by atoms with van der Waals surface area (Å²) in [5.41, 5.74) is 1.29. The monoisotopic (exact) mass is 554 g/mol. The topological polar surface area (TPSA) is 82.2 Å². The Hall–Kier alpha value is -3.37. The molecule has 10 heteroatoms. The molecule has 2 saturated heterocycles. The number of benzene rings is 2. The summed E-state index contributed by atoms with van der Waals surface area (Å²) < 4.78 is 36.8. The number of ether oxygens (including phenoxy) is 1. The van der Waals surface area contributed by atoms with Crippen molar-refractivity contribution in [2.45, 2.75) is 57.2 Å². The van der Waals surface area contributed by atoms with Crippen LogP contribution in [0.3, 0.4) is 0 Å². The Morgan fingerprint density at radius 3 is 2.45 bits per heavy atom. The molecule has 3 heterocycles. The van der Waals surface area contributed by atoms with E-state index in [-0.39, 0.29) is 42.0 Å². The van der Waals surface area contributed by atoms with Gasteiger partial charge in [-0.1, -0.05) is 12.1 Å². The van der Waals surface area contributed by atoms with Gasteiger partial charge in [0.1, 0.15) is 23.4 Å². The number of piperidine rings is 2. The molecule has 1 atom stereocenters. The molecule has 8 nitrogen and oxygen atoms in total. The second-order valence-corrected chi connectivity index (χ2v) is 11.2. The van der Waals surface area contributed by atoms with Gasteiger partial charge in [-0.2, -0.15) is 0 Å². The summed E-state index contributed by atoms with van der Waals surface area (Å²) in [6.07, 6.45) is 2.44. The van der Waals surface area contributed by atoms with E-state index in [0.717, 1.165) is 36.9 Å². The second kappa shape index (κ2) is 12.0. The minimum Gasteiger partial charge on any atom is -0.494 e. The molecular formula is C30H36F2N4O4. The second-order valence-electron chi connectivity index (χ2n) is 11.2. The zero-order valence-electron chi connectivity index (χ0n) is 23.1. The first-order valence-electron chi connectivity index (χ1n) is 14.0. The minimum atomic E-state index is -0.865. The molecule has 1 N–H and O–H groups in total. The molecule has 3 amide bonds. The van der Waals surface area contributed by atoms with Gasteiger partial charge in [-0.3, -0.25) is 24.6 Å². The number of carbonyl (C=O) groups is 3. The van der Waals surface area contributed by atoms with Crippen LogP contribution in [-0.2, 0) is 22.7 Å². The van der Waals surface area contributed by atoms with Crippen molar-refractivity contribution in [1.29, 1.82) is 0 Å². The molecule has 0 saturated carbocycles. The number of fused-ring (bicyclic) bond motifs is 1. The fraction of sp³-hybridized carbons (Fsp3) is 0.500. The first-order chi connectivity index (χ1) is 19.2. The van der Waals surface area contributed by atoms with Crippen LogP contribution >= 0.6 is 0 Å². The zero-order chi connectivity index (χ0) is 28.4. The van der Waals surface area contributed by atoms with E-state index in [2.05, 4.69) is 27.2 Å². The van der Waals surface area contributed by atoms with Crippen LogP contribution in [-0.4, -0.2) is 78.8 Å². The molecule has 3 aliphatic rings. The van der Waals surface area contributed by atoms with Gasteiger partial charge < -0.3 is 14.5 Å². The highest BCUT2D eigenvalue weighted by Crippen LogP contribution is 2.38. The van der Waals surface area contributed by atoms with Crippen LogP contribution in [0.5, 0.6) is 5.75 Å². The number of nitrogens with zero attached hydrogens (tertiary/aromatic N) is 3. The summed E-state index contributed by atoms with van der Waals surface area (Å²) in [7, 11) is 4.08. The Kier molecular flexibility index (Phi) is 8.46. The molecule has 0 aromatic heterocycles. The standard InChI is InChI=1S/C30H36F2N4O4/c1-34(2)12-3-15-40-21-6-4-19(5-7-21)17-35-13-10-20(11-14-35)27-24(31)16-22-23(28(27)32)18-36(30(22)39)25-8-9-26(37)33-29(25)38/h4-7,16,20,25H,3,8-15,17-18H2,1-2H3,(H,33,37,38). The summed E-state index contributed by atoms with van der Waals surface area (Å²) in [5, 5.41) is 2.23. The van der Waals surface area contributed by atoms with Crippen molar-refractivity contribution < 1.29 is 27.9 Å². The number of amides is 3. The van der Waals surface area contributed by atoms with Crippen molar-refractivity contribution in [2.24, 2.45) is 0 Å². The van der Waals surface area contributed by atoms with Crippen molar-refractivity contribution in [2.75, 3.05) is 40.3 Å². The lowest BCUT2D eigenvalue weighted by Gasteiger charge is -2.32. The fourth-order valence-corrected chi connectivity index (χ4v) is 5.92. The highest BCUT2D eigenvalue weighted by molar-refractivity contribution is 6.05. The molecule has 3 aliphatic heterocycles. The van der Waals surface area contributed by atoms with E-state index in [9.17, 15) is 14.4 Å². The molecule has 214 valence electrons. The lowest BCUT2D eigenvalue weighted by molar-refractivity contribution is -0.136. The first kappa shape index (κ1) is 28.2. The summed E-state index contributed by atoms with van der Waals surface area (Å²) in [6.45, 7) is 3.69. The quantitative estimate of drug-likeness (QED) is 0.378. The molecule has 0 aliphatic carbocycles. The molecular weight excluding hydrogens is 518 g/mol. The third-order valence-electron chi connectivity index (χ3n) is 8.10. The third-order valence-corrected chi connectivity index (χ3v) is 8.10. The molecule has 0 radical (unpaired) electrons. The first-order valence-corrected chi connectivity index (χ1v) is 14.0. The summed E-state index contributed by atoms with van der Waals surface area (Å²) in [4.78, 5) is 42.4. The molecule has 2 aromatic rings. The van der Waals surface area contributed by atoms with Gasteiger partial charge >= 0.3 is 0 Å². The molecule has 2 aromatic carbocycles. The van der Waals surface area contributed by atoms with Crippen LogP contribution < -0.4 is 10.1 Å². The van der Waals surface area contributed by atoms with E-state index >= 15 is 8.78 Å². The number of likely N-dealkylation sites (tertiary alicyclic amines) is 1. The Morgan fingerprint density at radius 2 is 1.77 bits per heavy atom. The van der Waals surface area contributed by atoms with Crippen LogP contribution in [0.4, 0.5) is 8.78 Å². The number of hydrogen-bond acceptors (Lipinski definition) is 6. The zero-order valence-corrected chi connectivity index (χ0v) is 23.1. The van der Waals surface area contributed by atoms with Crippen molar-refractivity contribution in [3.05, 3.63) is 64.2 Å². The van der Waals surface area contributed by atoms with Gasteiger partial charge in [-0.05, 0) is 82.5 Å². The maximum atomic E-state index is 15.7. The minimum absolute atomic E-state index is 0.0343. The van der Waals surface area contributed by atoms with Crippen LogP contribution in [0.15, 0.2) is 30.3 Å². The van der Waals surface area contributed by atoms with Gasteiger partial charge in [0.25, 0.3) is 5.91 Å². The van der Waals surface area contributed by atoms with Gasteiger partial charge in [0.15, 0.2) is 0 Å². The van der Waals surface area contributed by atoms with Gasteiger partial charge in [-0.15, -0.1) is 0 Å². The van der Waals surface area contributed by atoms with Crippen molar-refractivity contribution in [3.63, 3.8) is 0 Å². The Bertz CT molecular complexity index is 1280. The maximum absolute atomic E-state index is 15.7. The largest absolute Gasteiger partial charge is 0.494 e. The SMILES string of the molecule is CN(C)CCCOc1ccc(CN2CCC(c3c(F)cc4c(c3F)CN(C3CCC(=O)NC3=O)C4=O)CC2)cc1. The highest BCUT2D eigenvalue weighted by atomic mass is 19.1. The van der Waals surface area contributed by atoms with Crippen molar-refractivity contribution >= 4 is 17.7 Å². The highest BCUT2D eigenvalue weighted by Gasteiger charge is 2.42. The summed E-state index contributed by atoms with van der Waals surface area (Å²) in [6, 6.07) is 8.32. The van der Waals surface area contributed by atoms with Gasteiger partial charge in [0, 0.05) is 30.6 Å². The summed E-state index contributed by atoms with van der Waals surface area (Å²) >= 11 is 0. The lowest BCUT2D eigenvalue weighted by Crippen LogP contribution is -2.52. The van der Waals surface area contributed by atoms with E-state index in [4.69, 9.17) is 4.74 Å². The molecule has 0 bridgehead atoms. The average molecular weight is 555 g/mol. The van der Waals surface area contributed by atoms with Gasteiger partial charge in [0.05, 0.1) is 18.7 Å². The van der Waals surface area contributed by atoms with Gasteiger partial charge in [-0.25, -0.2) is 8.78 Å². The fourth-order valence-electron chi connectivity index (χ4n) is 5.92. The van der Waals surface area contributed by atoms with E-state index in [1.807, 2.05) is 26.2 Å². The molecule has 2 fully saturated rings. The smallest absolute Gasteiger partial charge is 0.255 e. The van der Waals surface area contributed by atoms with E-state index in [0.29, 0.717) is 32.5 Å². The Labute approximate surface area is 233 Å². The molecule has 40 heavy (non-hydrogen) atoms. The van der Waals surface area contributed by atoms with E-state index in [1.165, 1.54) is 4.90 Å². The van der Waals surface area contributed by atoms with Crippen LogP contribution in [0.1, 0.15) is 65.1 Å². The van der Waals surface area contributed by atoms with Crippen LogP contribution in [0.25, 0.3) is 0 Å². The van der Waals surface area contributed by atoms with Crippen molar-refractivity contribution in [3.8, 4) is 5.75 Å². The van der Waals surface area contributed by atoms with Crippen molar-refractivity contribution in [1.82, 2.24) is 20.0 Å². The molecule has 5 rings (SSSR count). The Balaban J connectivity index is 1.18. The number of imide groups is 1. The normalized spacial score (nSPS) is 20.3. The summed E-state index contributed by atoms with van der Waals surface area (Å²) in [5.74, 6) is -2.39. The average Bonchev–Trinajstić information content (AvgIpc) is 3.24. The maximum Gasteiger partial charge on any atom is 0.255 e. The van der Waals surface area contributed by atoms with Gasteiger partial charge in [0.2, 0.25) is 11.8 Å². The van der Waals surface area contributed by atoms with E-state index in [1.54, 1.807) is 0 Å². The van der Waals surface area contributed by atoms with Crippen LogP contribution in [0.2, 0.25) is 0 Å². The third kappa shape index (κ3) is 6.02. The number of hydrogen-bond donors (Lipinski definition) is 1. The van der Waals surface area contributed by atoms with E-state index < -0.39 is 35.4 Å². The molecule has 1 unspecified atom stereocenters.